The maximum atomic E-state index is 4.61. The van der Waals surface area contributed by atoms with Gasteiger partial charge < -0.3 is 10.2 Å². The van der Waals surface area contributed by atoms with Crippen LogP contribution >= 0.6 is 0 Å². The van der Waals surface area contributed by atoms with Crippen molar-refractivity contribution >= 4 is 17.5 Å². The molecular formula is C19H21N5. The summed E-state index contributed by atoms with van der Waals surface area (Å²) in [6.45, 7) is 2.94. The molecule has 1 aromatic carbocycles. The van der Waals surface area contributed by atoms with E-state index in [1.165, 1.54) is 5.56 Å². The summed E-state index contributed by atoms with van der Waals surface area (Å²) in [6, 6.07) is 14.1. The van der Waals surface area contributed by atoms with Crippen molar-refractivity contribution in [1.82, 2.24) is 15.0 Å². The van der Waals surface area contributed by atoms with Crippen LogP contribution in [0.15, 0.2) is 61.1 Å². The lowest BCUT2D eigenvalue weighted by Crippen LogP contribution is -2.21. The summed E-state index contributed by atoms with van der Waals surface area (Å²) >= 11 is 0. The van der Waals surface area contributed by atoms with E-state index in [4.69, 9.17) is 0 Å². The molecule has 0 saturated carbocycles. The van der Waals surface area contributed by atoms with Gasteiger partial charge in [-0.15, -0.1) is 0 Å². The van der Waals surface area contributed by atoms with Crippen LogP contribution in [0.2, 0.25) is 0 Å². The zero-order chi connectivity index (χ0) is 16.8. The molecule has 3 rings (SSSR count). The number of aryl methyl sites for hydroxylation is 1. The molecule has 5 nitrogen and oxygen atoms in total. The van der Waals surface area contributed by atoms with Crippen LogP contribution in [0.3, 0.4) is 0 Å². The molecule has 3 aromatic rings. The Labute approximate surface area is 142 Å². The second-order valence-electron chi connectivity index (χ2n) is 5.71. The maximum absolute atomic E-state index is 4.61. The van der Waals surface area contributed by atoms with Crippen molar-refractivity contribution in [3.8, 4) is 0 Å². The van der Waals surface area contributed by atoms with Gasteiger partial charge in [0.05, 0.1) is 0 Å². The van der Waals surface area contributed by atoms with Crippen LogP contribution in [0.25, 0.3) is 0 Å². The van der Waals surface area contributed by atoms with E-state index in [-0.39, 0.29) is 0 Å². The van der Waals surface area contributed by atoms with E-state index < -0.39 is 0 Å². The molecule has 0 amide bonds. The summed E-state index contributed by atoms with van der Waals surface area (Å²) < 4.78 is 0. The quantitative estimate of drug-likeness (QED) is 0.752. The van der Waals surface area contributed by atoms with Gasteiger partial charge in [0.15, 0.2) is 0 Å². The molecule has 0 fully saturated rings. The summed E-state index contributed by atoms with van der Waals surface area (Å²) in [7, 11) is 2.04. The van der Waals surface area contributed by atoms with Crippen molar-refractivity contribution in [3.63, 3.8) is 0 Å². The molecule has 2 aromatic heterocycles. The number of likely N-dealkylation sites (N-methyl/N-ethyl adjacent to an activating group) is 1. The Balaban J connectivity index is 1.67. The van der Waals surface area contributed by atoms with E-state index >= 15 is 0 Å². The smallest absolute Gasteiger partial charge is 0.229 e. The van der Waals surface area contributed by atoms with Gasteiger partial charge in [0.1, 0.15) is 5.82 Å². The highest BCUT2D eigenvalue weighted by Gasteiger charge is 2.06. The van der Waals surface area contributed by atoms with Crippen molar-refractivity contribution in [1.29, 1.82) is 0 Å². The second kappa shape index (κ2) is 7.55. The van der Waals surface area contributed by atoms with Gasteiger partial charge in [0, 0.05) is 37.9 Å². The lowest BCUT2D eigenvalue weighted by atomic mass is 10.2. The molecular weight excluding hydrogens is 298 g/mol. The number of hydrogen-bond donors (Lipinski definition) is 1. The average Bonchev–Trinajstić information content (AvgIpc) is 2.63. The minimum Gasteiger partial charge on any atom is -0.359 e. The number of para-hydroxylation sites is 1. The zero-order valence-electron chi connectivity index (χ0n) is 14.0. The standard InChI is InChI=1S/C19H21N5/c1-15-5-3-4-6-17(15)22-19-21-13-9-18(23-19)24(2)14-10-16-7-11-20-12-8-16/h3-9,11-13H,10,14H2,1-2H3,(H,21,22,23). The number of nitrogens with one attached hydrogen (secondary N) is 1. The number of nitrogens with zero attached hydrogens (tertiary/aromatic N) is 4. The highest BCUT2D eigenvalue weighted by Crippen LogP contribution is 2.19. The lowest BCUT2D eigenvalue weighted by molar-refractivity contribution is 0.855. The molecule has 0 aliphatic rings. The number of rotatable bonds is 6. The molecule has 122 valence electrons. The van der Waals surface area contributed by atoms with Gasteiger partial charge >= 0.3 is 0 Å². The van der Waals surface area contributed by atoms with E-state index in [2.05, 4.69) is 38.2 Å². The van der Waals surface area contributed by atoms with Crippen molar-refractivity contribution in [2.24, 2.45) is 0 Å². The average molecular weight is 319 g/mol. The normalized spacial score (nSPS) is 10.4. The fourth-order valence-electron chi connectivity index (χ4n) is 2.42. The largest absolute Gasteiger partial charge is 0.359 e. The lowest BCUT2D eigenvalue weighted by Gasteiger charge is -2.18. The number of benzene rings is 1. The first-order valence-corrected chi connectivity index (χ1v) is 7.98. The summed E-state index contributed by atoms with van der Waals surface area (Å²) in [4.78, 5) is 15.1. The van der Waals surface area contributed by atoms with Crippen LogP contribution in [-0.2, 0) is 6.42 Å². The molecule has 0 unspecified atom stereocenters. The molecule has 0 atom stereocenters. The monoisotopic (exact) mass is 319 g/mol. The molecule has 0 saturated heterocycles. The Kier molecular flexibility index (Phi) is 5.01. The van der Waals surface area contributed by atoms with Crippen LogP contribution in [0.5, 0.6) is 0 Å². The van der Waals surface area contributed by atoms with E-state index in [9.17, 15) is 0 Å². The SMILES string of the molecule is Cc1ccccc1Nc1nccc(N(C)CCc2ccncc2)n1. The fraction of sp³-hybridized carbons (Fsp3) is 0.211. The van der Waals surface area contributed by atoms with Crippen LogP contribution in [0.1, 0.15) is 11.1 Å². The Bertz CT molecular complexity index is 789. The third-order valence-corrected chi connectivity index (χ3v) is 3.91. The summed E-state index contributed by atoms with van der Waals surface area (Å²) in [5.41, 5.74) is 3.45. The first kappa shape index (κ1) is 15.9. The van der Waals surface area contributed by atoms with E-state index in [1.54, 1.807) is 6.20 Å². The third kappa shape index (κ3) is 4.07. The summed E-state index contributed by atoms with van der Waals surface area (Å²) in [6.07, 6.45) is 6.38. The van der Waals surface area contributed by atoms with Gasteiger partial charge in [-0.3, -0.25) is 4.98 Å². The molecule has 0 aliphatic heterocycles. The van der Waals surface area contributed by atoms with Gasteiger partial charge in [-0.05, 0) is 48.7 Å². The number of aromatic nitrogens is 3. The highest BCUT2D eigenvalue weighted by molar-refractivity contribution is 5.58. The molecule has 0 radical (unpaired) electrons. The molecule has 0 bridgehead atoms. The van der Waals surface area contributed by atoms with Crippen molar-refractivity contribution in [3.05, 3.63) is 72.2 Å². The predicted molar refractivity (Wildman–Crippen MR) is 97.7 cm³/mol. The van der Waals surface area contributed by atoms with Crippen LogP contribution in [-0.4, -0.2) is 28.5 Å². The summed E-state index contributed by atoms with van der Waals surface area (Å²) in [5, 5.41) is 3.28. The molecule has 1 N–H and O–H groups in total. The minimum absolute atomic E-state index is 0.609. The first-order valence-electron chi connectivity index (χ1n) is 7.98. The molecule has 0 spiro atoms. The number of anilines is 3. The Hall–Kier alpha value is -2.95. The Morgan fingerprint density at radius 3 is 2.58 bits per heavy atom. The maximum Gasteiger partial charge on any atom is 0.229 e. The van der Waals surface area contributed by atoms with Gasteiger partial charge in [-0.2, -0.15) is 4.98 Å². The van der Waals surface area contributed by atoms with Gasteiger partial charge in [-0.25, -0.2) is 4.98 Å². The Morgan fingerprint density at radius 1 is 1.00 bits per heavy atom. The van der Waals surface area contributed by atoms with Gasteiger partial charge in [0.25, 0.3) is 0 Å². The molecule has 2 heterocycles. The number of pyridine rings is 1. The van der Waals surface area contributed by atoms with E-state index in [1.807, 2.05) is 55.8 Å². The Morgan fingerprint density at radius 2 is 1.79 bits per heavy atom. The third-order valence-electron chi connectivity index (χ3n) is 3.91. The molecule has 5 heteroatoms. The highest BCUT2D eigenvalue weighted by atomic mass is 15.2. The van der Waals surface area contributed by atoms with Crippen LogP contribution in [0.4, 0.5) is 17.5 Å². The van der Waals surface area contributed by atoms with Crippen LogP contribution in [0, 0.1) is 6.92 Å². The second-order valence-corrected chi connectivity index (χ2v) is 5.71. The molecule has 0 aliphatic carbocycles. The number of hydrogen-bond acceptors (Lipinski definition) is 5. The minimum atomic E-state index is 0.609. The zero-order valence-corrected chi connectivity index (χ0v) is 14.0. The van der Waals surface area contributed by atoms with Gasteiger partial charge in [-0.1, -0.05) is 18.2 Å². The molecule has 24 heavy (non-hydrogen) atoms. The van der Waals surface area contributed by atoms with E-state index in [0.717, 1.165) is 30.0 Å². The van der Waals surface area contributed by atoms with Crippen molar-refractivity contribution in [2.75, 3.05) is 23.8 Å². The van der Waals surface area contributed by atoms with Gasteiger partial charge in [0.2, 0.25) is 5.95 Å². The topological polar surface area (TPSA) is 53.9 Å². The van der Waals surface area contributed by atoms with Crippen molar-refractivity contribution < 1.29 is 0 Å². The predicted octanol–water partition coefficient (Wildman–Crippen LogP) is 3.60. The fourth-order valence-corrected chi connectivity index (χ4v) is 2.42. The van der Waals surface area contributed by atoms with E-state index in [0.29, 0.717) is 5.95 Å². The van der Waals surface area contributed by atoms with Crippen molar-refractivity contribution in [2.45, 2.75) is 13.3 Å². The summed E-state index contributed by atoms with van der Waals surface area (Å²) in [5.74, 6) is 1.51. The first-order chi connectivity index (χ1) is 11.7. The van der Waals surface area contributed by atoms with Crippen LogP contribution < -0.4 is 10.2 Å².